The lowest BCUT2D eigenvalue weighted by atomic mass is 10.0. The Morgan fingerprint density at radius 1 is 1.09 bits per heavy atom. The molecule has 1 heterocycles. The van der Waals surface area contributed by atoms with E-state index < -0.39 is 0 Å². The first-order chi connectivity index (χ1) is 10.6. The average molecular weight is 293 g/mol. The third-order valence-electron chi connectivity index (χ3n) is 3.79. The standard InChI is InChI=1S/C19H19NO2/c1-14(2)17-9-8-16-10-11-20(18(16)12-17)19(21)22-13-15-6-4-3-5-7-15/h3-12,14H,13H2,1-2H3. The zero-order valence-corrected chi connectivity index (χ0v) is 12.8. The minimum absolute atomic E-state index is 0.281. The predicted octanol–water partition coefficient (Wildman–Crippen LogP) is 4.95. The zero-order valence-electron chi connectivity index (χ0n) is 12.8. The number of hydrogen-bond donors (Lipinski definition) is 0. The Hall–Kier alpha value is -2.55. The Kier molecular flexibility index (Phi) is 3.96. The lowest BCUT2D eigenvalue weighted by Crippen LogP contribution is -2.12. The Balaban J connectivity index is 1.83. The number of fused-ring (bicyclic) bond motifs is 1. The van der Waals surface area contributed by atoms with E-state index in [1.165, 1.54) is 5.56 Å². The minimum atomic E-state index is -0.347. The third kappa shape index (κ3) is 2.89. The molecule has 0 saturated carbocycles. The van der Waals surface area contributed by atoms with E-state index in [9.17, 15) is 4.79 Å². The molecule has 2 aromatic carbocycles. The van der Waals surface area contributed by atoms with Crippen LogP contribution < -0.4 is 0 Å². The summed E-state index contributed by atoms with van der Waals surface area (Å²) in [6, 6.07) is 17.8. The number of benzene rings is 2. The van der Waals surface area contributed by atoms with Crippen molar-refractivity contribution in [2.75, 3.05) is 0 Å². The summed E-state index contributed by atoms with van der Waals surface area (Å²) in [4.78, 5) is 12.3. The molecule has 1 aromatic heterocycles. The van der Waals surface area contributed by atoms with Crippen molar-refractivity contribution < 1.29 is 9.53 Å². The zero-order chi connectivity index (χ0) is 15.5. The van der Waals surface area contributed by atoms with Gasteiger partial charge in [0.25, 0.3) is 0 Å². The van der Waals surface area contributed by atoms with Crippen LogP contribution in [0, 0.1) is 0 Å². The van der Waals surface area contributed by atoms with Gasteiger partial charge in [-0.2, -0.15) is 0 Å². The van der Waals surface area contributed by atoms with Crippen molar-refractivity contribution in [1.82, 2.24) is 4.57 Å². The smallest absolute Gasteiger partial charge is 0.418 e. The lowest BCUT2D eigenvalue weighted by molar-refractivity contribution is 0.142. The van der Waals surface area contributed by atoms with E-state index in [0.717, 1.165) is 16.5 Å². The molecule has 0 saturated heterocycles. The van der Waals surface area contributed by atoms with Crippen LogP contribution >= 0.6 is 0 Å². The molecule has 3 aromatic rings. The maximum atomic E-state index is 12.3. The first kappa shape index (κ1) is 14.4. The van der Waals surface area contributed by atoms with E-state index in [0.29, 0.717) is 5.92 Å². The van der Waals surface area contributed by atoms with Crippen LogP contribution in [-0.4, -0.2) is 10.7 Å². The number of nitrogens with zero attached hydrogens (tertiary/aromatic N) is 1. The number of rotatable bonds is 3. The highest BCUT2D eigenvalue weighted by molar-refractivity contribution is 5.89. The summed E-state index contributed by atoms with van der Waals surface area (Å²) in [6.07, 6.45) is 1.42. The summed E-state index contributed by atoms with van der Waals surface area (Å²) in [7, 11) is 0. The fourth-order valence-electron chi connectivity index (χ4n) is 2.45. The molecule has 0 atom stereocenters. The highest BCUT2D eigenvalue weighted by atomic mass is 16.5. The molecule has 0 radical (unpaired) electrons. The average Bonchev–Trinajstić information content (AvgIpc) is 2.96. The van der Waals surface area contributed by atoms with Crippen LogP contribution in [0.4, 0.5) is 4.79 Å². The van der Waals surface area contributed by atoms with Gasteiger partial charge >= 0.3 is 6.09 Å². The Morgan fingerprint density at radius 2 is 1.86 bits per heavy atom. The number of carbonyl (C=O) groups excluding carboxylic acids is 1. The molecule has 0 spiro atoms. The molecule has 0 bridgehead atoms. The molecule has 0 aliphatic carbocycles. The number of hydrogen-bond acceptors (Lipinski definition) is 2. The largest absolute Gasteiger partial charge is 0.444 e. The number of aromatic nitrogens is 1. The van der Waals surface area contributed by atoms with Gasteiger partial charge in [0, 0.05) is 11.6 Å². The highest BCUT2D eigenvalue weighted by Crippen LogP contribution is 2.22. The van der Waals surface area contributed by atoms with Gasteiger partial charge in [0.05, 0.1) is 5.52 Å². The van der Waals surface area contributed by atoms with Gasteiger partial charge in [0.15, 0.2) is 0 Å². The van der Waals surface area contributed by atoms with Crippen molar-refractivity contribution in [3.05, 3.63) is 71.9 Å². The van der Waals surface area contributed by atoms with E-state index in [-0.39, 0.29) is 12.7 Å². The van der Waals surface area contributed by atoms with Crippen molar-refractivity contribution in [2.45, 2.75) is 26.4 Å². The maximum Gasteiger partial charge on any atom is 0.418 e. The summed E-state index contributed by atoms with van der Waals surface area (Å²) in [5, 5.41) is 1.04. The van der Waals surface area contributed by atoms with Gasteiger partial charge in [-0.3, -0.25) is 4.57 Å². The topological polar surface area (TPSA) is 31.2 Å². The molecule has 22 heavy (non-hydrogen) atoms. The summed E-state index contributed by atoms with van der Waals surface area (Å²) < 4.78 is 6.98. The molecule has 3 heteroatoms. The SMILES string of the molecule is CC(C)c1ccc2ccn(C(=O)OCc3ccccc3)c2c1. The monoisotopic (exact) mass is 293 g/mol. The van der Waals surface area contributed by atoms with Crippen LogP contribution in [0.15, 0.2) is 60.8 Å². The lowest BCUT2D eigenvalue weighted by Gasteiger charge is -2.09. The van der Waals surface area contributed by atoms with Crippen LogP contribution in [0.5, 0.6) is 0 Å². The molecule has 0 aliphatic rings. The van der Waals surface area contributed by atoms with Gasteiger partial charge in [-0.05, 0) is 29.2 Å². The van der Waals surface area contributed by atoms with Gasteiger partial charge in [-0.1, -0.05) is 56.3 Å². The van der Waals surface area contributed by atoms with E-state index in [4.69, 9.17) is 4.74 Å². The minimum Gasteiger partial charge on any atom is -0.444 e. The quantitative estimate of drug-likeness (QED) is 0.684. The molecule has 0 N–H and O–H groups in total. The molecule has 3 rings (SSSR count). The van der Waals surface area contributed by atoms with Crippen molar-refractivity contribution >= 4 is 17.0 Å². The van der Waals surface area contributed by atoms with Crippen LogP contribution in [0.2, 0.25) is 0 Å². The van der Waals surface area contributed by atoms with Crippen molar-refractivity contribution in [2.24, 2.45) is 0 Å². The van der Waals surface area contributed by atoms with Crippen molar-refractivity contribution in [1.29, 1.82) is 0 Å². The second kappa shape index (κ2) is 6.06. The van der Waals surface area contributed by atoms with Crippen molar-refractivity contribution in [3.8, 4) is 0 Å². The van der Waals surface area contributed by atoms with E-state index in [2.05, 4.69) is 26.0 Å². The van der Waals surface area contributed by atoms with Gasteiger partial charge in [-0.25, -0.2) is 4.79 Å². The first-order valence-corrected chi connectivity index (χ1v) is 7.47. The number of ether oxygens (including phenoxy) is 1. The first-order valence-electron chi connectivity index (χ1n) is 7.47. The summed E-state index contributed by atoms with van der Waals surface area (Å²) in [5.41, 5.74) is 3.09. The molecule has 0 fully saturated rings. The molecule has 0 amide bonds. The second-order valence-electron chi connectivity index (χ2n) is 5.70. The maximum absolute atomic E-state index is 12.3. The number of carbonyl (C=O) groups is 1. The van der Waals surface area contributed by atoms with Gasteiger partial charge in [0.1, 0.15) is 6.61 Å². The fourth-order valence-corrected chi connectivity index (χ4v) is 2.45. The summed E-state index contributed by atoms with van der Waals surface area (Å²) >= 11 is 0. The molecule has 112 valence electrons. The second-order valence-corrected chi connectivity index (χ2v) is 5.70. The highest BCUT2D eigenvalue weighted by Gasteiger charge is 2.11. The molecular weight excluding hydrogens is 274 g/mol. The van der Waals surface area contributed by atoms with Crippen molar-refractivity contribution in [3.63, 3.8) is 0 Å². The summed E-state index contributed by atoms with van der Waals surface area (Å²) in [5.74, 6) is 0.424. The van der Waals surface area contributed by atoms with Gasteiger partial charge < -0.3 is 4.74 Å². The van der Waals surface area contributed by atoms with Crippen LogP contribution in [0.25, 0.3) is 10.9 Å². The van der Waals surface area contributed by atoms with Crippen LogP contribution in [0.1, 0.15) is 30.9 Å². The normalized spacial score (nSPS) is 11.0. The Labute approximate surface area is 130 Å². The fraction of sp³-hybridized carbons (Fsp3) is 0.211. The Morgan fingerprint density at radius 3 is 2.59 bits per heavy atom. The predicted molar refractivity (Wildman–Crippen MR) is 88.1 cm³/mol. The molecule has 3 nitrogen and oxygen atoms in total. The Bertz CT molecular complexity index is 788. The molecule has 0 unspecified atom stereocenters. The van der Waals surface area contributed by atoms with Crippen LogP contribution in [0.3, 0.4) is 0 Å². The summed E-state index contributed by atoms with van der Waals surface area (Å²) in [6.45, 7) is 4.56. The molecule has 0 aliphatic heterocycles. The van der Waals surface area contributed by atoms with Crippen LogP contribution in [-0.2, 0) is 11.3 Å². The van der Waals surface area contributed by atoms with E-state index >= 15 is 0 Å². The van der Waals surface area contributed by atoms with Gasteiger partial charge in [0.2, 0.25) is 0 Å². The third-order valence-corrected chi connectivity index (χ3v) is 3.79. The van der Waals surface area contributed by atoms with Gasteiger partial charge in [-0.15, -0.1) is 0 Å². The molecular formula is C19H19NO2. The van der Waals surface area contributed by atoms with E-state index in [1.807, 2.05) is 42.5 Å². The van der Waals surface area contributed by atoms with E-state index in [1.54, 1.807) is 10.8 Å².